The third-order valence-corrected chi connectivity index (χ3v) is 5.99. The highest BCUT2D eigenvalue weighted by molar-refractivity contribution is 9.10. The number of hydrogen-bond donors (Lipinski definition) is 1. The van der Waals surface area contributed by atoms with E-state index in [4.69, 9.17) is 4.74 Å². The second kappa shape index (κ2) is 8.74. The van der Waals surface area contributed by atoms with Crippen molar-refractivity contribution in [2.45, 2.75) is 17.7 Å². The molecule has 28 heavy (non-hydrogen) atoms. The summed E-state index contributed by atoms with van der Waals surface area (Å²) in [5, 5.41) is 2.64. The first-order chi connectivity index (χ1) is 13.3. The molecule has 1 saturated heterocycles. The smallest absolute Gasteiger partial charge is 0.284 e. The molecule has 7 nitrogen and oxygen atoms in total. The Morgan fingerprint density at radius 3 is 2.68 bits per heavy atom. The van der Waals surface area contributed by atoms with Crippen LogP contribution >= 0.6 is 15.9 Å². The third-order valence-electron chi connectivity index (χ3n) is 4.16. The van der Waals surface area contributed by atoms with Gasteiger partial charge in [0.05, 0.1) is 4.90 Å². The molecule has 0 aromatic heterocycles. The Balaban J connectivity index is 1.65. The predicted octanol–water partition coefficient (Wildman–Crippen LogP) is 3.28. The summed E-state index contributed by atoms with van der Waals surface area (Å²) in [4.78, 5) is 14.0. The maximum Gasteiger partial charge on any atom is 0.284 e. The van der Waals surface area contributed by atoms with Crippen molar-refractivity contribution in [3.05, 3.63) is 53.0 Å². The van der Waals surface area contributed by atoms with Crippen molar-refractivity contribution in [2.75, 3.05) is 25.5 Å². The zero-order valence-corrected chi connectivity index (χ0v) is 17.7. The van der Waals surface area contributed by atoms with Crippen LogP contribution in [0, 0.1) is 0 Å². The molecular weight excluding hydrogens is 446 g/mol. The second-order valence-electron chi connectivity index (χ2n) is 6.33. The summed E-state index contributed by atoms with van der Waals surface area (Å²) < 4.78 is 35.4. The number of carbonyl (C=O) groups excluding carboxylic acids is 1. The van der Waals surface area contributed by atoms with Crippen LogP contribution in [-0.2, 0) is 14.8 Å². The number of anilines is 1. The van der Waals surface area contributed by atoms with Crippen LogP contribution < -0.4 is 10.1 Å². The highest BCUT2D eigenvalue weighted by Gasteiger charge is 2.20. The largest absolute Gasteiger partial charge is 0.484 e. The normalized spacial score (nSPS) is 15.6. The van der Waals surface area contributed by atoms with Crippen LogP contribution in [0.4, 0.5) is 5.69 Å². The van der Waals surface area contributed by atoms with Gasteiger partial charge in [0.15, 0.2) is 6.61 Å². The van der Waals surface area contributed by atoms with Crippen molar-refractivity contribution in [2.24, 2.45) is 4.40 Å². The number of carbonyl (C=O) groups is 1. The van der Waals surface area contributed by atoms with Gasteiger partial charge < -0.3 is 15.0 Å². The molecule has 0 aliphatic carbocycles. The van der Waals surface area contributed by atoms with Crippen molar-refractivity contribution < 1.29 is 17.9 Å². The lowest BCUT2D eigenvalue weighted by molar-refractivity contribution is -0.118. The minimum atomic E-state index is -3.83. The Morgan fingerprint density at radius 1 is 1.25 bits per heavy atom. The summed E-state index contributed by atoms with van der Waals surface area (Å²) in [5.41, 5.74) is 0.366. The summed E-state index contributed by atoms with van der Waals surface area (Å²) in [7, 11) is -2.01. The maximum atomic E-state index is 12.6. The maximum absolute atomic E-state index is 12.6. The molecule has 1 aliphatic rings. The molecule has 0 atom stereocenters. The summed E-state index contributed by atoms with van der Waals surface area (Å²) in [6.45, 7) is 0.606. The van der Waals surface area contributed by atoms with E-state index in [-0.39, 0.29) is 17.4 Å². The molecule has 1 N–H and O–H groups in total. The molecule has 0 saturated carbocycles. The van der Waals surface area contributed by atoms with Gasteiger partial charge >= 0.3 is 0 Å². The second-order valence-corrected chi connectivity index (χ2v) is 8.85. The van der Waals surface area contributed by atoms with E-state index in [1.54, 1.807) is 24.3 Å². The monoisotopic (exact) mass is 465 g/mol. The Labute approximate surface area is 172 Å². The molecule has 2 aromatic carbocycles. The average molecular weight is 466 g/mol. The molecule has 1 aliphatic heterocycles. The quantitative estimate of drug-likeness (QED) is 0.706. The summed E-state index contributed by atoms with van der Waals surface area (Å²) >= 11 is 3.33. The zero-order valence-electron chi connectivity index (χ0n) is 15.3. The number of rotatable bonds is 6. The third kappa shape index (κ3) is 5.32. The highest BCUT2D eigenvalue weighted by atomic mass is 79.9. The number of benzene rings is 2. The summed E-state index contributed by atoms with van der Waals surface area (Å²) in [5.74, 6) is 0.725. The molecule has 0 spiro atoms. The Hall–Kier alpha value is -2.39. The number of likely N-dealkylation sites (tertiary alicyclic amines) is 1. The number of hydrogen-bond acceptors (Lipinski definition) is 4. The van der Waals surface area contributed by atoms with E-state index >= 15 is 0 Å². The molecule has 9 heteroatoms. The van der Waals surface area contributed by atoms with E-state index in [1.165, 1.54) is 12.1 Å². The van der Waals surface area contributed by atoms with Gasteiger partial charge in [0, 0.05) is 30.2 Å². The Kier molecular flexibility index (Phi) is 6.35. The molecule has 0 unspecified atom stereocenters. The number of amidine groups is 1. The molecule has 3 rings (SSSR count). The zero-order chi connectivity index (χ0) is 20.1. The van der Waals surface area contributed by atoms with Gasteiger partial charge in [0.1, 0.15) is 11.6 Å². The van der Waals surface area contributed by atoms with Crippen LogP contribution in [0.5, 0.6) is 5.75 Å². The van der Waals surface area contributed by atoms with Gasteiger partial charge in [0.2, 0.25) is 0 Å². The SMILES string of the molecule is CN1CCCC1=NS(=O)(=O)c1cccc(NC(=O)COc2ccc(Br)cc2)c1. The lowest BCUT2D eigenvalue weighted by Gasteiger charge is -2.11. The number of amides is 1. The highest BCUT2D eigenvalue weighted by Crippen LogP contribution is 2.20. The van der Waals surface area contributed by atoms with Crippen molar-refractivity contribution in [3.8, 4) is 5.75 Å². The Bertz CT molecular complexity index is 990. The van der Waals surface area contributed by atoms with Crippen molar-refractivity contribution in [1.82, 2.24) is 4.90 Å². The topological polar surface area (TPSA) is 88.1 Å². The van der Waals surface area contributed by atoms with Crippen LogP contribution in [0.1, 0.15) is 12.8 Å². The fourth-order valence-corrected chi connectivity index (χ4v) is 4.12. The molecular formula is C19H20BrN3O4S. The number of nitrogens with zero attached hydrogens (tertiary/aromatic N) is 2. The molecule has 0 radical (unpaired) electrons. The van der Waals surface area contributed by atoms with E-state index in [1.807, 2.05) is 24.1 Å². The standard InChI is InChI=1S/C19H20BrN3O4S/c1-23-11-3-6-18(23)22-28(25,26)17-5-2-4-15(12-17)21-19(24)13-27-16-9-7-14(20)8-10-16/h2,4-5,7-10,12H,3,6,11,13H2,1H3,(H,21,24). The van der Waals surface area contributed by atoms with Gasteiger partial charge in [-0.25, -0.2) is 0 Å². The molecule has 148 valence electrons. The van der Waals surface area contributed by atoms with Gasteiger partial charge in [0.25, 0.3) is 15.9 Å². The average Bonchev–Trinajstić information content (AvgIpc) is 3.05. The fourth-order valence-electron chi connectivity index (χ4n) is 2.71. The van der Waals surface area contributed by atoms with Gasteiger partial charge in [-0.3, -0.25) is 4.79 Å². The van der Waals surface area contributed by atoms with E-state index in [0.717, 1.165) is 17.4 Å². The number of ether oxygens (including phenoxy) is 1. The van der Waals surface area contributed by atoms with Crippen LogP contribution in [0.3, 0.4) is 0 Å². The fraction of sp³-hybridized carbons (Fsp3) is 0.263. The predicted molar refractivity (Wildman–Crippen MR) is 111 cm³/mol. The molecule has 2 aromatic rings. The van der Waals surface area contributed by atoms with Gasteiger partial charge in [-0.1, -0.05) is 22.0 Å². The lowest BCUT2D eigenvalue weighted by atomic mass is 10.3. The molecule has 1 heterocycles. The van der Waals surface area contributed by atoms with Gasteiger partial charge in [-0.05, 0) is 48.9 Å². The van der Waals surface area contributed by atoms with Crippen molar-refractivity contribution in [1.29, 1.82) is 0 Å². The van der Waals surface area contributed by atoms with E-state index < -0.39 is 10.0 Å². The summed E-state index contributed by atoms with van der Waals surface area (Å²) in [6, 6.07) is 13.1. The minimum absolute atomic E-state index is 0.0342. The van der Waals surface area contributed by atoms with E-state index in [2.05, 4.69) is 25.6 Å². The molecule has 0 bridgehead atoms. The lowest BCUT2D eigenvalue weighted by Crippen LogP contribution is -2.21. The van der Waals surface area contributed by atoms with Crippen molar-refractivity contribution in [3.63, 3.8) is 0 Å². The van der Waals surface area contributed by atoms with Crippen LogP contribution in [0.15, 0.2) is 62.3 Å². The van der Waals surface area contributed by atoms with Gasteiger partial charge in [-0.15, -0.1) is 4.40 Å². The first-order valence-electron chi connectivity index (χ1n) is 8.67. The van der Waals surface area contributed by atoms with Gasteiger partial charge in [-0.2, -0.15) is 8.42 Å². The van der Waals surface area contributed by atoms with Crippen LogP contribution in [-0.4, -0.2) is 45.3 Å². The number of halogens is 1. The number of nitrogens with one attached hydrogen (secondary N) is 1. The molecule has 1 fully saturated rings. The van der Waals surface area contributed by atoms with E-state index in [9.17, 15) is 13.2 Å². The summed E-state index contributed by atoms with van der Waals surface area (Å²) in [6.07, 6.45) is 1.53. The first kappa shape index (κ1) is 20.3. The first-order valence-corrected chi connectivity index (χ1v) is 10.9. The Morgan fingerprint density at radius 2 is 2.00 bits per heavy atom. The minimum Gasteiger partial charge on any atom is -0.484 e. The van der Waals surface area contributed by atoms with Crippen LogP contribution in [0.2, 0.25) is 0 Å². The van der Waals surface area contributed by atoms with Crippen molar-refractivity contribution >= 4 is 43.4 Å². The van der Waals surface area contributed by atoms with E-state index in [0.29, 0.717) is 23.7 Å². The number of sulfonamides is 1. The van der Waals surface area contributed by atoms with Crippen LogP contribution in [0.25, 0.3) is 0 Å². The molecule has 1 amide bonds.